The quantitative estimate of drug-likeness (QED) is 0.428. The second kappa shape index (κ2) is 8.59. The lowest BCUT2D eigenvalue weighted by Crippen LogP contribution is -2.03. The minimum atomic E-state index is -0.0852. The average molecular weight is 386 g/mol. The first-order chi connectivity index (χ1) is 13.2. The number of rotatable bonds is 8. The van der Waals surface area contributed by atoms with Gasteiger partial charge in [-0.25, -0.2) is 0 Å². The number of methoxy groups -OCH3 is 3. The Labute approximate surface area is 160 Å². The lowest BCUT2D eigenvalue weighted by molar-refractivity contribution is 0.102. The zero-order chi connectivity index (χ0) is 19.2. The Morgan fingerprint density at radius 2 is 1.70 bits per heavy atom. The number of aromatic nitrogens is 2. The molecule has 3 aromatic rings. The Kier molecular flexibility index (Phi) is 5.97. The monoisotopic (exact) mass is 386 g/mol. The highest BCUT2D eigenvalue weighted by Crippen LogP contribution is 2.31. The largest absolute Gasteiger partial charge is 0.496 e. The maximum absolute atomic E-state index is 12.4. The van der Waals surface area contributed by atoms with Crippen LogP contribution in [0, 0.1) is 0 Å². The van der Waals surface area contributed by atoms with Crippen molar-refractivity contribution in [2.45, 2.75) is 5.22 Å². The van der Waals surface area contributed by atoms with Crippen molar-refractivity contribution in [2.75, 3.05) is 27.1 Å². The Morgan fingerprint density at radius 1 is 0.963 bits per heavy atom. The number of carbonyl (C=O) groups is 1. The summed E-state index contributed by atoms with van der Waals surface area (Å²) >= 11 is 1.17. The summed E-state index contributed by atoms with van der Waals surface area (Å²) in [5, 5.41) is 8.33. The van der Waals surface area contributed by atoms with Crippen LogP contribution in [0.25, 0.3) is 11.5 Å². The first-order valence-corrected chi connectivity index (χ1v) is 8.99. The predicted octanol–water partition coefficient (Wildman–Crippen LogP) is 3.74. The van der Waals surface area contributed by atoms with Crippen LogP contribution in [0.2, 0.25) is 0 Å². The molecule has 1 aromatic heterocycles. The van der Waals surface area contributed by atoms with E-state index in [9.17, 15) is 4.79 Å². The molecule has 0 atom stereocenters. The molecular formula is C19H18N2O5S. The second-order valence-electron chi connectivity index (χ2n) is 5.36. The number of Topliss-reactive ketones (excluding diaryl/α,β-unsaturated/α-hetero) is 1. The summed E-state index contributed by atoms with van der Waals surface area (Å²) in [7, 11) is 4.65. The number of thioether (sulfide) groups is 1. The molecule has 3 rings (SSSR count). The van der Waals surface area contributed by atoms with Crippen molar-refractivity contribution in [3.63, 3.8) is 0 Å². The molecule has 0 unspecified atom stereocenters. The van der Waals surface area contributed by atoms with Gasteiger partial charge in [-0.2, -0.15) is 0 Å². The molecule has 0 radical (unpaired) electrons. The highest BCUT2D eigenvalue weighted by Gasteiger charge is 2.16. The second-order valence-corrected chi connectivity index (χ2v) is 6.28. The van der Waals surface area contributed by atoms with Crippen molar-refractivity contribution in [3.05, 3.63) is 48.0 Å². The highest BCUT2D eigenvalue weighted by molar-refractivity contribution is 7.99. The summed E-state index contributed by atoms with van der Waals surface area (Å²) < 4.78 is 21.3. The van der Waals surface area contributed by atoms with E-state index >= 15 is 0 Å². The van der Waals surface area contributed by atoms with Crippen LogP contribution in [0.1, 0.15) is 10.4 Å². The molecule has 0 aliphatic carbocycles. The molecule has 0 fully saturated rings. The van der Waals surface area contributed by atoms with Gasteiger partial charge in [0.25, 0.3) is 11.1 Å². The normalized spacial score (nSPS) is 10.5. The van der Waals surface area contributed by atoms with Gasteiger partial charge in [0.2, 0.25) is 0 Å². The molecule has 140 valence electrons. The number of ether oxygens (including phenoxy) is 3. The van der Waals surface area contributed by atoms with Gasteiger partial charge < -0.3 is 18.6 Å². The summed E-state index contributed by atoms with van der Waals surface area (Å²) in [6.07, 6.45) is 0. The SMILES string of the molecule is COc1ccc(C(=O)CSc2nnc(-c3ccccc3OC)o2)cc1OC. The molecular weight excluding hydrogens is 368 g/mol. The fourth-order valence-electron chi connectivity index (χ4n) is 2.42. The molecule has 0 saturated carbocycles. The zero-order valence-electron chi connectivity index (χ0n) is 15.1. The Hall–Kier alpha value is -3.00. The van der Waals surface area contributed by atoms with Gasteiger partial charge in [0.05, 0.1) is 32.6 Å². The molecule has 0 saturated heterocycles. The number of hydrogen-bond donors (Lipinski definition) is 0. The molecule has 8 heteroatoms. The topological polar surface area (TPSA) is 83.7 Å². The van der Waals surface area contributed by atoms with Crippen LogP contribution in [-0.2, 0) is 0 Å². The number of hydrogen-bond acceptors (Lipinski definition) is 8. The van der Waals surface area contributed by atoms with Crippen LogP contribution in [0.4, 0.5) is 0 Å². The number of nitrogens with zero attached hydrogens (tertiary/aromatic N) is 2. The van der Waals surface area contributed by atoms with Crippen molar-refractivity contribution in [1.82, 2.24) is 10.2 Å². The molecule has 1 heterocycles. The fraction of sp³-hybridized carbons (Fsp3) is 0.211. The van der Waals surface area contributed by atoms with Crippen molar-refractivity contribution in [3.8, 4) is 28.7 Å². The van der Waals surface area contributed by atoms with E-state index in [0.717, 1.165) is 0 Å². The first kappa shape index (κ1) is 18.8. The van der Waals surface area contributed by atoms with E-state index in [1.807, 2.05) is 24.3 Å². The van der Waals surface area contributed by atoms with Crippen molar-refractivity contribution in [2.24, 2.45) is 0 Å². The molecule has 0 N–H and O–H groups in total. The molecule has 0 amide bonds. The number of ketones is 1. The third-order valence-corrected chi connectivity index (χ3v) is 4.59. The number of benzene rings is 2. The predicted molar refractivity (Wildman–Crippen MR) is 101 cm³/mol. The summed E-state index contributed by atoms with van der Waals surface area (Å²) in [6, 6.07) is 12.4. The summed E-state index contributed by atoms with van der Waals surface area (Å²) in [6.45, 7) is 0. The average Bonchev–Trinajstić information content (AvgIpc) is 3.20. The van der Waals surface area contributed by atoms with Gasteiger partial charge in [0.15, 0.2) is 17.3 Å². The van der Waals surface area contributed by atoms with Gasteiger partial charge >= 0.3 is 0 Å². The number of para-hydroxylation sites is 1. The van der Waals surface area contributed by atoms with Crippen molar-refractivity contribution in [1.29, 1.82) is 0 Å². The van der Waals surface area contributed by atoms with Crippen molar-refractivity contribution >= 4 is 17.5 Å². The van der Waals surface area contributed by atoms with Crippen LogP contribution in [0.15, 0.2) is 52.1 Å². The van der Waals surface area contributed by atoms with Crippen LogP contribution in [-0.4, -0.2) is 43.1 Å². The molecule has 2 aromatic carbocycles. The van der Waals surface area contributed by atoms with Crippen LogP contribution in [0.5, 0.6) is 17.2 Å². The van der Waals surface area contributed by atoms with Gasteiger partial charge in [0.1, 0.15) is 5.75 Å². The van der Waals surface area contributed by atoms with Gasteiger partial charge in [-0.05, 0) is 30.3 Å². The third-order valence-electron chi connectivity index (χ3n) is 3.78. The molecule has 0 aliphatic heterocycles. The number of carbonyl (C=O) groups excluding carboxylic acids is 1. The summed E-state index contributed by atoms with van der Waals surface area (Å²) in [5.41, 5.74) is 1.22. The van der Waals surface area contributed by atoms with E-state index in [1.54, 1.807) is 32.4 Å². The minimum absolute atomic E-state index is 0.0852. The molecule has 27 heavy (non-hydrogen) atoms. The zero-order valence-corrected chi connectivity index (χ0v) is 15.9. The van der Waals surface area contributed by atoms with E-state index in [-0.39, 0.29) is 11.5 Å². The summed E-state index contributed by atoms with van der Waals surface area (Å²) in [5.74, 6) is 2.12. The smallest absolute Gasteiger partial charge is 0.277 e. The third kappa shape index (κ3) is 4.22. The van der Waals surface area contributed by atoms with E-state index in [1.165, 1.54) is 18.9 Å². The molecule has 7 nitrogen and oxygen atoms in total. The van der Waals surface area contributed by atoms with Gasteiger partial charge in [-0.3, -0.25) is 4.79 Å². The lowest BCUT2D eigenvalue weighted by Gasteiger charge is -2.08. The molecule has 0 spiro atoms. The van der Waals surface area contributed by atoms with Crippen LogP contribution >= 0.6 is 11.8 Å². The first-order valence-electron chi connectivity index (χ1n) is 8.01. The maximum atomic E-state index is 12.4. The molecule has 0 bridgehead atoms. The van der Waals surface area contributed by atoms with Crippen LogP contribution < -0.4 is 14.2 Å². The van der Waals surface area contributed by atoms with E-state index in [2.05, 4.69) is 10.2 Å². The van der Waals surface area contributed by atoms with Gasteiger partial charge in [-0.15, -0.1) is 10.2 Å². The van der Waals surface area contributed by atoms with E-state index in [4.69, 9.17) is 18.6 Å². The van der Waals surface area contributed by atoms with Crippen LogP contribution in [0.3, 0.4) is 0 Å². The fourth-order valence-corrected chi connectivity index (χ4v) is 3.08. The maximum Gasteiger partial charge on any atom is 0.277 e. The lowest BCUT2D eigenvalue weighted by atomic mass is 10.1. The molecule has 0 aliphatic rings. The van der Waals surface area contributed by atoms with Gasteiger partial charge in [0, 0.05) is 5.56 Å². The van der Waals surface area contributed by atoms with Gasteiger partial charge in [-0.1, -0.05) is 23.9 Å². The Morgan fingerprint density at radius 3 is 2.44 bits per heavy atom. The standard InChI is InChI=1S/C19H18N2O5S/c1-23-15-7-5-4-6-13(15)18-20-21-19(26-18)27-11-14(22)12-8-9-16(24-2)17(10-12)25-3/h4-10H,11H2,1-3H3. The van der Waals surface area contributed by atoms with Crippen molar-refractivity contribution < 1.29 is 23.4 Å². The van der Waals surface area contributed by atoms with E-state index in [0.29, 0.717) is 39.5 Å². The minimum Gasteiger partial charge on any atom is -0.496 e. The highest BCUT2D eigenvalue weighted by atomic mass is 32.2. The Bertz CT molecular complexity index is 941. The summed E-state index contributed by atoms with van der Waals surface area (Å²) in [4.78, 5) is 12.4. The Balaban J connectivity index is 1.69. The van der Waals surface area contributed by atoms with E-state index < -0.39 is 0 Å².